The lowest BCUT2D eigenvalue weighted by atomic mass is 10.1. The van der Waals surface area contributed by atoms with Gasteiger partial charge >= 0.3 is 0 Å². The second kappa shape index (κ2) is 6.92. The van der Waals surface area contributed by atoms with Crippen molar-refractivity contribution in [2.24, 2.45) is 5.10 Å². The molecule has 25 heavy (non-hydrogen) atoms. The molecule has 8 heteroatoms. The molecule has 0 aromatic heterocycles. The van der Waals surface area contributed by atoms with Gasteiger partial charge in [-0.15, -0.1) is 0 Å². The van der Waals surface area contributed by atoms with Crippen LogP contribution in [0.15, 0.2) is 29.4 Å². The summed E-state index contributed by atoms with van der Waals surface area (Å²) in [7, 11) is 3.08. The van der Waals surface area contributed by atoms with Crippen molar-refractivity contribution in [1.29, 1.82) is 0 Å². The molecule has 1 N–H and O–H groups in total. The maximum Gasteiger partial charge on any atom is 0.267 e. The van der Waals surface area contributed by atoms with E-state index < -0.39 is 0 Å². The van der Waals surface area contributed by atoms with Gasteiger partial charge in [-0.25, -0.2) is 5.01 Å². The maximum absolute atomic E-state index is 12.3. The summed E-state index contributed by atoms with van der Waals surface area (Å²) in [6, 6.07) is 6.96. The number of nitrogens with zero attached hydrogens (tertiary/aromatic N) is 3. The number of benzene rings is 1. The fourth-order valence-electron chi connectivity index (χ4n) is 2.99. The van der Waals surface area contributed by atoms with Crippen molar-refractivity contribution in [1.82, 2.24) is 10.3 Å². The van der Waals surface area contributed by atoms with Gasteiger partial charge in [-0.1, -0.05) is 12.1 Å². The van der Waals surface area contributed by atoms with Gasteiger partial charge in [-0.3, -0.25) is 14.4 Å². The summed E-state index contributed by atoms with van der Waals surface area (Å²) >= 11 is 0. The quantitative estimate of drug-likeness (QED) is 0.862. The first kappa shape index (κ1) is 16.9. The molecule has 3 rings (SSSR count). The monoisotopic (exact) mass is 344 g/mol. The Kier molecular flexibility index (Phi) is 4.69. The zero-order chi connectivity index (χ0) is 18.0. The molecule has 1 fully saturated rings. The van der Waals surface area contributed by atoms with Crippen LogP contribution < -0.4 is 15.0 Å². The molecule has 132 valence electrons. The Morgan fingerprint density at radius 1 is 1.24 bits per heavy atom. The standard InChI is InChI=1S/C17H20N4O4/c1-20-15(22)8-7-12(19-20)17(24)18-11-9-16(23)21(10-11)13-5-3-4-6-14(13)25-2/h3-6,11H,7-10H2,1-2H3,(H,18,24). The molecule has 0 aliphatic carbocycles. The molecule has 0 radical (unpaired) electrons. The summed E-state index contributed by atoms with van der Waals surface area (Å²) in [5, 5.41) is 8.02. The van der Waals surface area contributed by atoms with Crippen molar-refractivity contribution < 1.29 is 19.1 Å². The van der Waals surface area contributed by atoms with Gasteiger partial charge in [-0.2, -0.15) is 5.10 Å². The van der Waals surface area contributed by atoms with Crippen LogP contribution in [0, 0.1) is 0 Å². The summed E-state index contributed by atoms with van der Waals surface area (Å²) in [5.74, 6) is 0.0845. The van der Waals surface area contributed by atoms with Crippen molar-refractivity contribution >= 4 is 29.1 Å². The zero-order valence-electron chi connectivity index (χ0n) is 14.2. The number of rotatable bonds is 4. The summed E-state index contributed by atoms with van der Waals surface area (Å²) in [4.78, 5) is 37.7. The van der Waals surface area contributed by atoms with Gasteiger partial charge in [0.15, 0.2) is 0 Å². The van der Waals surface area contributed by atoms with Crippen LogP contribution in [0.2, 0.25) is 0 Å². The fourth-order valence-corrected chi connectivity index (χ4v) is 2.99. The molecule has 1 aromatic rings. The first-order chi connectivity index (χ1) is 12.0. The number of para-hydroxylation sites is 2. The third-order valence-corrected chi connectivity index (χ3v) is 4.31. The number of anilines is 1. The van der Waals surface area contributed by atoms with Crippen LogP contribution >= 0.6 is 0 Å². The number of hydrogen-bond donors (Lipinski definition) is 1. The average molecular weight is 344 g/mol. The van der Waals surface area contributed by atoms with Crippen LogP contribution in [-0.4, -0.2) is 55.2 Å². The maximum atomic E-state index is 12.3. The third kappa shape index (κ3) is 3.47. The summed E-state index contributed by atoms with van der Waals surface area (Å²) < 4.78 is 5.30. The predicted octanol–water partition coefficient (Wildman–Crippen LogP) is 0.525. The van der Waals surface area contributed by atoms with Crippen molar-refractivity contribution in [3.8, 4) is 5.75 Å². The number of ether oxygens (including phenoxy) is 1. The Hall–Kier alpha value is -2.90. The van der Waals surface area contributed by atoms with Gasteiger partial charge in [0.25, 0.3) is 5.91 Å². The first-order valence-corrected chi connectivity index (χ1v) is 8.08. The van der Waals surface area contributed by atoms with Crippen molar-refractivity contribution in [3.63, 3.8) is 0 Å². The highest BCUT2D eigenvalue weighted by Gasteiger charge is 2.34. The van der Waals surface area contributed by atoms with E-state index in [1.165, 1.54) is 12.1 Å². The minimum Gasteiger partial charge on any atom is -0.495 e. The second-order valence-corrected chi connectivity index (χ2v) is 6.01. The van der Waals surface area contributed by atoms with Gasteiger partial charge in [0.2, 0.25) is 11.8 Å². The number of carbonyl (C=O) groups is 3. The molecule has 0 spiro atoms. The van der Waals surface area contributed by atoms with Crippen molar-refractivity contribution in [2.75, 3.05) is 25.6 Å². The van der Waals surface area contributed by atoms with E-state index in [1.807, 2.05) is 18.2 Å². The van der Waals surface area contributed by atoms with Crippen LogP contribution in [0.3, 0.4) is 0 Å². The Morgan fingerprint density at radius 3 is 2.72 bits per heavy atom. The minimum atomic E-state index is -0.334. The van der Waals surface area contributed by atoms with Crippen LogP contribution in [-0.2, 0) is 14.4 Å². The molecule has 8 nitrogen and oxygen atoms in total. The lowest BCUT2D eigenvalue weighted by Gasteiger charge is -2.21. The van der Waals surface area contributed by atoms with E-state index in [2.05, 4.69) is 10.4 Å². The van der Waals surface area contributed by atoms with Gasteiger partial charge in [0.05, 0.1) is 18.8 Å². The molecule has 1 atom stereocenters. The predicted molar refractivity (Wildman–Crippen MR) is 91.3 cm³/mol. The lowest BCUT2D eigenvalue weighted by molar-refractivity contribution is -0.130. The highest BCUT2D eigenvalue weighted by molar-refractivity contribution is 6.39. The van der Waals surface area contributed by atoms with E-state index in [1.54, 1.807) is 18.1 Å². The Balaban J connectivity index is 1.68. The second-order valence-electron chi connectivity index (χ2n) is 6.01. The fraction of sp³-hybridized carbons (Fsp3) is 0.412. The van der Waals surface area contributed by atoms with E-state index >= 15 is 0 Å². The molecule has 1 aromatic carbocycles. The summed E-state index contributed by atoms with van der Waals surface area (Å²) in [5.41, 5.74) is 0.998. The number of hydrazone groups is 1. The number of amides is 3. The molecule has 2 heterocycles. The minimum absolute atomic E-state index is 0.0762. The number of methoxy groups -OCH3 is 1. The van der Waals surface area contributed by atoms with E-state index in [0.29, 0.717) is 30.1 Å². The van der Waals surface area contributed by atoms with Crippen LogP contribution in [0.5, 0.6) is 5.75 Å². The van der Waals surface area contributed by atoms with Gasteiger partial charge in [0.1, 0.15) is 11.5 Å². The Labute approximate surface area is 145 Å². The highest BCUT2D eigenvalue weighted by atomic mass is 16.5. The zero-order valence-corrected chi connectivity index (χ0v) is 14.2. The van der Waals surface area contributed by atoms with E-state index in [0.717, 1.165) is 0 Å². The smallest absolute Gasteiger partial charge is 0.267 e. The molecule has 2 aliphatic rings. The van der Waals surface area contributed by atoms with Gasteiger partial charge < -0.3 is 15.0 Å². The molecular weight excluding hydrogens is 324 g/mol. The Bertz CT molecular complexity index is 746. The average Bonchev–Trinajstić information content (AvgIpc) is 2.97. The van der Waals surface area contributed by atoms with Gasteiger partial charge in [0, 0.05) is 32.9 Å². The number of nitrogens with one attached hydrogen (secondary N) is 1. The van der Waals surface area contributed by atoms with Crippen LogP contribution in [0.4, 0.5) is 5.69 Å². The molecule has 0 saturated carbocycles. The molecular formula is C17H20N4O4. The van der Waals surface area contributed by atoms with E-state index in [-0.39, 0.29) is 36.6 Å². The van der Waals surface area contributed by atoms with Crippen LogP contribution in [0.25, 0.3) is 0 Å². The summed E-state index contributed by atoms with van der Waals surface area (Å²) in [6.07, 6.45) is 0.789. The third-order valence-electron chi connectivity index (χ3n) is 4.31. The number of carbonyl (C=O) groups excluding carboxylic acids is 3. The molecule has 1 saturated heterocycles. The van der Waals surface area contributed by atoms with Crippen molar-refractivity contribution in [2.45, 2.75) is 25.3 Å². The molecule has 0 bridgehead atoms. The highest BCUT2D eigenvalue weighted by Crippen LogP contribution is 2.31. The molecule has 2 aliphatic heterocycles. The first-order valence-electron chi connectivity index (χ1n) is 8.08. The lowest BCUT2D eigenvalue weighted by Crippen LogP contribution is -2.43. The molecule has 3 amide bonds. The van der Waals surface area contributed by atoms with Gasteiger partial charge in [-0.05, 0) is 12.1 Å². The van der Waals surface area contributed by atoms with E-state index in [4.69, 9.17) is 4.74 Å². The number of hydrogen-bond acceptors (Lipinski definition) is 5. The largest absolute Gasteiger partial charge is 0.495 e. The van der Waals surface area contributed by atoms with Crippen LogP contribution in [0.1, 0.15) is 19.3 Å². The Morgan fingerprint density at radius 2 is 2.00 bits per heavy atom. The summed E-state index contributed by atoms with van der Waals surface area (Å²) in [6.45, 7) is 0.368. The normalized spacial score (nSPS) is 20.6. The molecule has 1 unspecified atom stereocenters. The van der Waals surface area contributed by atoms with E-state index in [9.17, 15) is 14.4 Å². The SMILES string of the molecule is COc1ccccc1N1CC(NC(=O)C2=NN(C)C(=O)CC2)CC1=O. The topological polar surface area (TPSA) is 91.3 Å². The van der Waals surface area contributed by atoms with Crippen molar-refractivity contribution in [3.05, 3.63) is 24.3 Å².